The van der Waals surface area contributed by atoms with Crippen LogP contribution in [0.4, 0.5) is 18.9 Å². The van der Waals surface area contributed by atoms with Crippen LogP contribution >= 0.6 is 12.4 Å². The third kappa shape index (κ3) is 7.53. The number of nitrogens with two attached hydrogens (primary N) is 1. The summed E-state index contributed by atoms with van der Waals surface area (Å²) in [7, 11) is 0. The van der Waals surface area contributed by atoms with Gasteiger partial charge in [-0.05, 0) is 12.1 Å². The van der Waals surface area contributed by atoms with E-state index < -0.39 is 12.8 Å². The minimum absolute atomic E-state index is 0. The number of hydrogen-bond donors (Lipinski definition) is 2. The lowest BCUT2D eigenvalue weighted by atomic mass is 10.3. The molecule has 0 saturated carbocycles. The molecular weight excluding hydrogens is 285 g/mol. The molecule has 0 aliphatic rings. The first-order chi connectivity index (χ1) is 8.40. The van der Waals surface area contributed by atoms with E-state index >= 15 is 0 Å². The van der Waals surface area contributed by atoms with Gasteiger partial charge in [-0.3, -0.25) is 4.79 Å². The number of amides is 1. The quantitative estimate of drug-likeness (QED) is 0.877. The second-order valence-corrected chi connectivity index (χ2v) is 3.52. The van der Waals surface area contributed by atoms with E-state index in [1.165, 1.54) is 18.2 Å². The summed E-state index contributed by atoms with van der Waals surface area (Å²) < 4.78 is 40.4. The van der Waals surface area contributed by atoms with Crippen LogP contribution in [0.5, 0.6) is 5.75 Å². The maximum Gasteiger partial charge on any atom is 0.422 e. The van der Waals surface area contributed by atoms with E-state index in [0.717, 1.165) is 0 Å². The minimum Gasteiger partial charge on any atom is -0.484 e. The molecule has 0 spiro atoms. The Kier molecular flexibility index (Phi) is 7.25. The summed E-state index contributed by atoms with van der Waals surface area (Å²) in [5.74, 6) is -0.261. The summed E-state index contributed by atoms with van der Waals surface area (Å²) in [6, 6.07) is 5.74. The van der Waals surface area contributed by atoms with E-state index in [0.29, 0.717) is 5.69 Å². The van der Waals surface area contributed by atoms with Gasteiger partial charge in [-0.1, -0.05) is 6.07 Å². The van der Waals surface area contributed by atoms with Gasteiger partial charge in [-0.15, -0.1) is 12.4 Å². The van der Waals surface area contributed by atoms with Crippen LogP contribution in [0.2, 0.25) is 0 Å². The molecule has 1 aromatic rings. The van der Waals surface area contributed by atoms with Crippen LogP contribution in [0.3, 0.4) is 0 Å². The van der Waals surface area contributed by atoms with E-state index in [4.69, 9.17) is 5.73 Å². The van der Waals surface area contributed by atoms with Crippen molar-refractivity contribution in [3.05, 3.63) is 24.3 Å². The van der Waals surface area contributed by atoms with E-state index in [9.17, 15) is 18.0 Å². The third-order valence-electron chi connectivity index (χ3n) is 1.89. The molecule has 0 aliphatic carbocycles. The zero-order valence-corrected chi connectivity index (χ0v) is 10.7. The monoisotopic (exact) mass is 298 g/mol. The molecule has 0 fully saturated rings. The fourth-order valence-electron chi connectivity index (χ4n) is 1.18. The normalized spacial score (nSPS) is 10.5. The van der Waals surface area contributed by atoms with Gasteiger partial charge in [-0.2, -0.15) is 13.2 Å². The van der Waals surface area contributed by atoms with Crippen LogP contribution in [0, 0.1) is 0 Å². The highest BCUT2D eigenvalue weighted by atomic mass is 35.5. The Hall–Kier alpha value is -1.47. The maximum absolute atomic E-state index is 11.9. The Bertz CT molecular complexity index is 413. The van der Waals surface area contributed by atoms with Crippen molar-refractivity contribution in [2.45, 2.75) is 12.6 Å². The number of anilines is 1. The van der Waals surface area contributed by atoms with Gasteiger partial charge in [0.15, 0.2) is 6.61 Å². The molecule has 0 aliphatic heterocycles. The van der Waals surface area contributed by atoms with Gasteiger partial charge in [-0.25, -0.2) is 0 Å². The molecule has 108 valence electrons. The fourth-order valence-corrected chi connectivity index (χ4v) is 1.18. The number of carbonyl (C=O) groups excluding carboxylic acids is 1. The van der Waals surface area contributed by atoms with Crippen molar-refractivity contribution in [3.63, 3.8) is 0 Å². The van der Waals surface area contributed by atoms with Crippen molar-refractivity contribution in [2.24, 2.45) is 5.73 Å². The van der Waals surface area contributed by atoms with Gasteiger partial charge in [0.1, 0.15) is 5.75 Å². The van der Waals surface area contributed by atoms with Gasteiger partial charge < -0.3 is 15.8 Å². The summed E-state index contributed by atoms with van der Waals surface area (Å²) in [5.41, 5.74) is 5.57. The molecule has 19 heavy (non-hydrogen) atoms. The number of rotatable bonds is 5. The topological polar surface area (TPSA) is 64.4 Å². The van der Waals surface area contributed by atoms with Gasteiger partial charge >= 0.3 is 6.18 Å². The summed E-state index contributed by atoms with van der Waals surface area (Å²) in [4.78, 5) is 11.2. The Morgan fingerprint density at radius 3 is 2.63 bits per heavy atom. The molecule has 3 N–H and O–H groups in total. The van der Waals surface area contributed by atoms with Gasteiger partial charge in [0.05, 0.1) is 0 Å². The first-order valence-electron chi connectivity index (χ1n) is 5.20. The molecule has 4 nitrogen and oxygen atoms in total. The maximum atomic E-state index is 11.9. The molecule has 0 saturated heterocycles. The molecule has 0 atom stereocenters. The summed E-state index contributed by atoms with van der Waals surface area (Å²) in [5, 5.41) is 2.50. The standard InChI is InChI=1S/C11H13F3N2O2.ClH/c12-11(13,14)7-18-9-3-1-2-8(6-9)16-10(17)4-5-15;/h1-3,6H,4-5,7,15H2,(H,16,17);1H. The van der Waals surface area contributed by atoms with Crippen LogP contribution in [0.25, 0.3) is 0 Å². The van der Waals surface area contributed by atoms with E-state index in [-0.39, 0.29) is 37.0 Å². The molecule has 0 unspecified atom stereocenters. The lowest BCUT2D eigenvalue weighted by Gasteiger charge is -2.10. The molecule has 0 radical (unpaired) electrons. The molecular formula is C11H14ClF3N2O2. The zero-order valence-electron chi connectivity index (χ0n) is 9.87. The van der Waals surface area contributed by atoms with Crippen LogP contribution in [-0.4, -0.2) is 25.2 Å². The van der Waals surface area contributed by atoms with Crippen LogP contribution in [0.1, 0.15) is 6.42 Å². The number of halogens is 4. The second-order valence-electron chi connectivity index (χ2n) is 3.52. The van der Waals surface area contributed by atoms with Gasteiger partial charge in [0, 0.05) is 24.7 Å². The largest absolute Gasteiger partial charge is 0.484 e. The highest BCUT2D eigenvalue weighted by molar-refractivity contribution is 5.90. The Balaban J connectivity index is 0.00000324. The van der Waals surface area contributed by atoms with Crippen molar-refractivity contribution in [3.8, 4) is 5.75 Å². The minimum atomic E-state index is -4.39. The summed E-state index contributed by atoms with van der Waals surface area (Å²) >= 11 is 0. The highest BCUT2D eigenvalue weighted by Crippen LogP contribution is 2.21. The first kappa shape index (κ1) is 17.5. The number of nitrogens with one attached hydrogen (secondary N) is 1. The number of benzene rings is 1. The fraction of sp³-hybridized carbons (Fsp3) is 0.364. The van der Waals surface area contributed by atoms with Crippen molar-refractivity contribution in [2.75, 3.05) is 18.5 Å². The van der Waals surface area contributed by atoms with Crippen LogP contribution in [0.15, 0.2) is 24.3 Å². The van der Waals surface area contributed by atoms with E-state index in [1.807, 2.05) is 0 Å². The highest BCUT2D eigenvalue weighted by Gasteiger charge is 2.28. The number of hydrogen-bond acceptors (Lipinski definition) is 3. The first-order valence-corrected chi connectivity index (χ1v) is 5.20. The summed E-state index contributed by atoms with van der Waals surface area (Å²) in [6.45, 7) is -1.16. The van der Waals surface area contributed by atoms with E-state index in [1.54, 1.807) is 6.07 Å². The lowest BCUT2D eigenvalue weighted by molar-refractivity contribution is -0.153. The van der Waals surface area contributed by atoms with Crippen LogP contribution in [-0.2, 0) is 4.79 Å². The predicted octanol–water partition coefficient (Wildman–Crippen LogP) is 2.34. The lowest BCUT2D eigenvalue weighted by Crippen LogP contribution is -2.19. The van der Waals surface area contributed by atoms with Crippen molar-refractivity contribution < 1.29 is 22.7 Å². The molecule has 0 bridgehead atoms. The summed E-state index contributed by atoms with van der Waals surface area (Å²) in [6.07, 6.45) is -4.24. The second kappa shape index (κ2) is 7.85. The molecule has 1 rings (SSSR count). The van der Waals surface area contributed by atoms with Gasteiger partial charge in [0.25, 0.3) is 0 Å². The molecule has 0 aromatic heterocycles. The van der Waals surface area contributed by atoms with Crippen LogP contribution < -0.4 is 15.8 Å². The van der Waals surface area contributed by atoms with E-state index in [2.05, 4.69) is 10.1 Å². The average molecular weight is 299 g/mol. The van der Waals surface area contributed by atoms with Crippen molar-refractivity contribution in [1.29, 1.82) is 0 Å². The Morgan fingerprint density at radius 2 is 2.05 bits per heavy atom. The third-order valence-corrected chi connectivity index (χ3v) is 1.89. The van der Waals surface area contributed by atoms with Gasteiger partial charge in [0.2, 0.25) is 5.91 Å². The molecule has 1 aromatic carbocycles. The molecule has 0 heterocycles. The molecule has 8 heteroatoms. The zero-order chi connectivity index (χ0) is 13.6. The Morgan fingerprint density at radius 1 is 1.37 bits per heavy atom. The predicted molar refractivity (Wildman–Crippen MR) is 67.5 cm³/mol. The smallest absolute Gasteiger partial charge is 0.422 e. The number of alkyl halides is 3. The number of ether oxygens (including phenoxy) is 1. The molecule has 1 amide bonds. The Labute approximate surface area is 114 Å². The number of carbonyl (C=O) groups is 1. The average Bonchev–Trinajstić information content (AvgIpc) is 2.26. The SMILES string of the molecule is Cl.NCCC(=O)Nc1cccc(OCC(F)(F)F)c1. The van der Waals surface area contributed by atoms with Crippen molar-refractivity contribution >= 4 is 24.0 Å². The van der Waals surface area contributed by atoms with Crippen molar-refractivity contribution in [1.82, 2.24) is 0 Å².